The molecular formula is C21H21NO6. The van der Waals surface area contributed by atoms with Gasteiger partial charge in [-0.2, -0.15) is 0 Å². The number of esters is 1. The van der Waals surface area contributed by atoms with E-state index in [2.05, 4.69) is 5.32 Å². The van der Waals surface area contributed by atoms with E-state index in [-0.39, 0.29) is 18.8 Å². The zero-order chi connectivity index (χ0) is 19.4. The Balaban J connectivity index is 1.66. The molecule has 146 valence electrons. The maximum Gasteiger partial charge on any atom is 0.343 e. The van der Waals surface area contributed by atoms with Crippen LogP contribution in [0.15, 0.2) is 18.2 Å². The minimum Gasteiger partial charge on any atom is -0.496 e. The molecule has 0 saturated heterocycles. The van der Waals surface area contributed by atoms with Gasteiger partial charge in [0.1, 0.15) is 17.4 Å². The van der Waals surface area contributed by atoms with E-state index in [9.17, 15) is 4.79 Å². The van der Waals surface area contributed by atoms with Crippen LogP contribution in [0.25, 0.3) is 0 Å². The summed E-state index contributed by atoms with van der Waals surface area (Å²) < 4.78 is 28.2. The number of methoxy groups -OCH3 is 2. The summed E-state index contributed by atoms with van der Waals surface area (Å²) in [5.74, 6) is 2.12. The normalized spacial score (nSPS) is 21.8. The van der Waals surface area contributed by atoms with Gasteiger partial charge >= 0.3 is 5.97 Å². The highest BCUT2D eigenvalue weighted by molar-refractivity contribution is 5.97. The Morgan fingerprint density at radius 3 is 2.75 bits per heavy atom. The second kappa shape index (κ2) is 6.31. The lowest BCUT2D eigenvalue weighted by Gasteiger charge is -2.32. The van der Waals surface area contributed by atoms with E-state index in [1.54, 1.807) is 14.2 Å². The lowest BCUT2D eigenvalue weighted by Crippen LogP contribution is -2.34. The number of nitrogens with one attached hydrogen (secondary N) is 1. The molecule has 28 heavy (non-hydrogen) atoms. The van der Waals surface area contributed by atoms with Gasteiger partial charge in [-0.05, 0) is 37.1 Å². The van der Waals surface area contributed by atoms with Gasteiger partial charge in [0.05, 0.1) is 20.3 Å². The second-order valence-electron chi connectivity index (χ2n) is 7.10. The summed E-state index contributed by atoms with van der Waals surface area (Å²) in [5.41, 5.74) is 4.27. The Labute approximate surface area is 162 Å². The predicted octanol–water partition coefficient (Wildman–Crippen LogP) is 2.84. The van der Waals surface area contributed by atoms with Crippen molar-refractivity contribution in [2.75, 3.05) is 27.6 Å². The molecule has 0 amide bonds. The molecule has 3 aliphatic heterocycles. The van der Waals surface area contributed by atoms with Crippen LogP contribution >= 0.6 is 0 Å². The third-order valence-corrected chi connectivity index (χ3v) is 5.66. The fraction of sp³-hybridized carbons (Fsp3) is 0.381. The summed E-state index contributed by atoms with van der Waals surface area (Å²) in [6.45, 7) is 2.84. The smallest absolute Gasteiger partial charge is 0.343 e. The summed E-state index contributed by atoms with van der Waals surface area (Å²) in [4.78, 5) is 12.7. The first-order valence-corrected chi connectivity index (χ1v) is 9.25. The molecule has 0 aromatic heterocycles. The van der Waals surface area contributed by atoms with Crippen LogP contribution in [0.4, 0.5) is 0 Å². The first-order valence-electron chi connectivity index (χ1n) is 9.25. The molecule has 0 fully saturated rings. The molecule has 2 aromatic rings. The van der Waals surface area contributed by atoms with E-state index in [0.29, 0.717) is 28.6 Å². The van der Waals surface area contributed by atoms with E-state index in [4.69, 9.17) is 23.7 Å². The van der Waals surface area contributed by atoms with Gasteiger partial charge in [-0.25, -0.2) is 4.79 Å². The highest BCUT2D eigenvalue weighted by Crippen LogP contribution is 2.52. The standard InChI is InChI=1S/C21H21NO6/c1-10-4-5-12-15(17(10)24-2)21(23)28-18(12)16-14-11(6-7-22-16)8-13-19(20(14)25-3)27-9-26-13/h4-5,8,16,18,22H,6-7,9H2,1-3H3/t16-,18+/m1/s1. The van der Waals surface area contributed by atoms with E-state index >= 15 is 0 Å². The molecule has 0 radical (unpaired) electrons. The molecule has 5 rings (SSSR count). The average molecular weight is 383 g/mol. The third kappa shape index (κ3) is 2.29. The number of hydrogen-bond donors (Lipinski definition) is 1. The minimum atomic E-state index is -0.481. The molecule has 0 saturated carbocycles. The zero-order valence-electron chi connectivity index (χ0n) is 16.0. The van der Waals surface area contributed by atoms with Crippen molar-refractivity contribution in [3.63, 3.8) is 0 Å². The Kier molecular flexibility index (Phi) is 3.87. The minimum absolute atomic E-state index is 0.171. The second-order valence-corrected chi connectivity index (χ2v) is 7.10. The molecule has 3 heterocycles. The van der Waals surface area contributed by atoms with E-state index in [0.717, 1.165) is 35.2 Å². The molecule has 1 N–H and O–H groups in total. The van der Waals surface area contributed by atoms with E-state index < -0.39 is 6.10 Å². The number of cyclic esters (lactones) is 1. The van der Waals surface area contributed by atoms with Crippen LogP contribution in [0.2, 0.25) is 0 Å². The summed E-state index contributed by atoms with van der Waals surface area (Å²) >= 11 is 0. The van der Waals surface area contributed by atoms with Crippen LogP contribution in [-0.2, 0) is 11.2 Å². The number of benzene rings is 2. The quantitative estimate of drug-likeness (QED) is 0.817. The van der Waals surface area contributed by atoms with Gasteiger partial charge in [0.2, 0.25) is 12.5 Å². The number of carbonyl (C=O) groups is 1. The SMILES string of the molecule is COc1c(C)ccc2c1C(=O)O[C@@H]2[C@@H]1NCCc2cc3c(c(OC)c21)OCO3. The summed E-state index contributed by atoms with van der Waals surface area (Å²) in [6, 6.07) is 5.64. The fourth-order valence-corrected chi connectivity index (χ4v) is 4.45. The van der Waals surface area contributed by atoms with Gasteiger partial charge in [0.25, 0.3) is 0 Å². The maximum absolute atomic E-state index is 12.7. The van der Waals surface area contributed by atoms with Gasteiger partial charge in [-0.1, -0.05) is 12.1 Å². The van der Waals surface area contributed by atoms with Crippen LogP contribution in [0.5, 0.6) is 23.0 Å². The third-order valence-electron chi connectivity index (χ3n) is 5.66. The van der Waals surface area contributed by atoms with Crippen molar-refractivity contribution < 1.29 is 28.5 Å². The van der Waals surface area contributed by atoms with E-state index in [1.807, 2.05) is 25.1 Å². The van der Waals surface area contributed by atoms with Crippen LogP contribution in [0.1, 0.15) is 44.8 Å². The molecular weight excluding hydrogens is 362 g/mol. The van der Waals surface area contributed by atoms with Gasteiger partial charge in [0.15, 0.2) is 11.5 Å². The van der Waals surface area contributed by atoms with Crippen molar-refractivity contribution in [3.05, 3.63) is 46.0 Å². The first kappa shape index (κ1) is 17.2. The maximum atomic E-state index is 12.7. The predicted molar refractivity (Wildman–Crippen MR) is 99.5 cm³/mol. The molecule has 2 aromatic carbocycles. The van der Waals surface area contributed by atoms with Crippen LogP contribution < -0.4 is 24.3 Å². The Morgan fingerprint density at radius 2 is 1.96 bits per heavy atom. The molecule has 7 nitrogen and oxygen atoms in total. The Hall–Kier alpha value is -2.93. The van der Waals surface area contributed by atoms with Crippen LogP contribution in [0.3, 0.4) is 0 Å². The average Bonchev–Trinajstić information content (AvgIpc) is 3.30. The Morgan fingerprint density at radius 1 is 1.14 bits per heavy atom. The number of ether oxygens (including phenoxy) is 5. The van der Waals surface area contributed by atoms with Crippen LogP contribution in [-0.4, -0.2) is 33.5 Å². The number of aryl methyl sites for hydroxylation is 1. The molecule has 0 spiro atoms. The number of carbonyl (C=O) groups excluding carboxylic acids is 1. The number of fused-ring (bicyclic) bond motifs is 3. The molecule has 7 heteroatoms. The van der Waals surface area contributed by atoms with Gasteiger partial charge in [-0.3, -0.25) is 0 Å². The van der Waals surface area contributed by atoms with Crippen LogP contribution in [0, 0.1) is 6.92 Å². The van der Waals surface area contributed by atoms with Gasteiger partial charge < -0.3 is 29.0 Å². The van der Waals surface area contributed by atoms with Crippen molar-refractivity contribution in [1.29, 1.82) is 0 Å². The largest absolute Gasteiger partial charge is 0.496 e. The molecule has 3 aliphatic rings. The highest BCUT2D eigenvalue weighted by Gasteiger charge is 2.43. The first-order chi connectivity index (χ1) is 13.6. The molecule has 0 aliphatic carbocycles. The summed E-state index contributed by atoms with van der Waals surface area (Å²) in [5, 5.41) is 3.50. The zero-order valence-corrected chi connectivity index (χ0v) is 16.0. The summed E-state index contributed by atoms with van der Waals surface area (Å²) in [7, 11) is 3.19. The number of rotatable bonds is 3. The van der Waals surface area contributed by atoms with Gasteiger partial charge in [-0.15, -0.1) is 0 Å². The Bertz CT molecular complexity index is 986. The van der Waals surface area contributed by atoms with Crippen molar-refractivity contribution in [2.45, 2.75) is 25.5 Å². The molecule has 0 bridgehead atoms. The van der Waals surface area contributed by atoms with Crippen molar-refractivity contribution in [2.24, 2.45) is 0 Å². The fourth-order valence-electron chi connectivity index (χ4n) is 4.45. The van der Waals surface area contributed by atoms with E-state index in [1.165, 1.54) is 0 Å². The summed E-state index contributed by atoms with van der Waals surface area (Å²) in [6.07, 6.45) is 0.342. The highest BCUT2D eigenvalue weighted by atomic mass is 16.7. The lowest BCUT2D eigenvalue weighted by molar-refractivity contribution is 0.0282. The van der Waals surface area contributed by atoms with Crippen molar-refractivity contribution >= 4 is 5.97 Å². The monoisotopic (exact) mass is 383 g/mol. The van der Waals surface area contributed by atoms with Crippen molar-refractivity contribution in [1.82, 2.24) is 5.32 Å². The molecule has 2 atom stereocenters. The molecule has 0 unspecified atom stereocenters. The number of hydrogen-bond acceptors (Lipinski definition) is 7. The lowest BCUT2D eigenvalue weighted by atomic mass is 9.86. The van der Waals surface area contributed by atoms with Crippen molar-refractivity contribution in [3.8, 4) is 23.0 Å². The topological polar surface area (TPSA) is 75.3 Å². The van der Waals surface area contributed by atoms with Gasteiger partial charge in [0, 0.05) is 11.1 Å².